The van der Waals surface area contributed by atoms with Crippen LogP contribution in [0, 0.1) is 0 Å². The van der Waals surface area contributed by atoms with Crippen LogP contribution >= 0.6 is 0 Å². The number of nitrogens with two attached hydrogens (primary N) is 1. The normalized spacial score (nSPS) is 11.9. The number of benzene rings is 1. The van der Waals surface area contributed by atoms with E-state index in [1.54, 1.807) is 7.11 Å². The highest BCUT2D eigenvalue weighted by Crippen LogP contribution is 2.28. The van der Waals surface area contributed by atoms with E-state index >= 15 is 0 Å². The zero-order valence-corrected chi connectivity index (χ0v) is 11.3. The molecule has 1 atom stereocenters. The molecule has 0 aliphatic rings. The van der Waals surface area contributed by atoms with Crippen LogP contribution in [0.4, 0.5) is 0 Å². The molecule has 1 unspecified atom stereocenters. The van der Waals surface area contributed by atoms with Gasteiger partial charge in [0.25, 0.3) is 0 Å². The zero-order chi connectivity index (χ0) is 13.4. The molecule has 0 bridgehead atoms. The van der Waals surface area contributed by atoms with Gasteiger partial charge in [0.05, 0.1) is 13.7 Å². The maximum Gasteiger partial charge on any atom is 0.161 e. The summed E-state index contributed by atoms with van der Waals surface area (Å²) in [5, 5.41) is 0. The van der Waals surface area contributed by atoms with Crippen molar-refractivity contribution < 1.29 is 9.47 Å². The fourth-order valence-corrected chi connectivity index (χ4v) is 1.66. The van der Waals surface area contributed by atoms with Crippen molar-refractivity contribution in [3.8, 4) is 11.5 Å². The van der Waals surface area contributed by atoms with E-state index in [0.29, 0.717) is 6.61 Å². The average molecular weight is 249 g/mol. The quantitative estimate of drug-likeness (QED) is 0.569. The fourth-order valence-electron chi connectivity index (χ4n) is 1.66. The van der Waals surface area contributed by atoms with Gasteiger partial charge in [-0.05, 0) is 37.0 Å². The molecule has 1 rings (SSSR count). The van der Waals surface area contributed by atoms with Crippen LogP contribution in [0.2, 0.25) is 0 Å². The summed E-state index contributed by atoms with van der Waals surface area (Å²) >= 11 is 0. The Bertz CT molecular complexity index is 377. The van der Waals surface area contributed by atoms with Gasteiger partial charge in [-0.1, -0.05) is 19.1 Å². The third-order valence-electron chi connectivity index (χ3n) is 2.83. The molecule has 1 aromatic carbocycles. The van der Waals surface area contributed by atoms with Gasteiger partial charge in [0, 0.05) is 6.04 Å². The van der Waals surface area contributed by atoms with E-state index in [1.807, 2.05) is 24.3 Å². The van der Waals surface area contributed by atoms with E-state index in [1.165, 1.54) is 5.56 Å². The van der Waals surface area contributed by atoms with E-state index in [9.17, 15) is 0 Å². The third-order valence-corrected chi connectivity index (χ3v) is 2.83. The van der Waals surface area contributed by atoms with Crippen LogP contribution in [-0.2, 0) is 6.42 Å². The second kappa shape index (κ2) is 7.77. The summed E-state index contributed by atoms with van der Waals surface area (Å²) in [6, 6.07) is 6.18. The summed E-state index contributed by atoms with van der Waals surface area (Å²) in [5.41, 5.74) is 7.13. The molecule has 0 amide bonds. The van der Waals surface area contributed by atoms with E-state index in [2.05, 4.69) is 13.5 Å². The van der Waals surface area contributed by atoms with Crippen LogP contribution in [0.25, 0.3) is 0 Å². The maximum absolute atomic E-state index is 5.95. The Kier molecular flexibility index (Phi) is 6.29. The van der Waals surface area contributed by atoms with Gasteiger partial charge in [-0.25, -0.2) is 0 Å². The van der Waals surface area contributed by atoms with Gasteiger partial charge < -0.3 is 15.2 Å². The lowest BCUT2D eigenvalue weighted by Gasteiger charge is -2.13. The van der Waals surface area contributed by atoms with Crippen molar-refractivity contribution in [2.75, 3.05) is 13.7 Å². The van der Waals surface area contributed by atoms with Gasteiger partial charge in [-0.3, -0.25) is 0 Å². The topological polar surface area (TPSA) is 44.5 Å². The van der Waals surface area contributed by atoms with Gasteiger partial charge in [-0.15, -0.1) is 6.58 Å². The van der Waals surface area contributed by atoms with Crippen molar-refractivity contribution in [1.29, 1.82) is 0 Å². The van der Waals surface area contributed by atoms with Crippen molar-refractivity contribution in [1.82, 2.24) is 0 Å². The van der Waals surface area contributed by atoms with Crippen LogP contribution in [0.3, 0.4) is 0 Å². The van der Waals surface area contributed by atoms with Gasteiger partial charge in [0.1, 0.15) is 0 Å². The largest absolute Gasteiger partial charge is 0.493 e. The molecule has 2 N–H and O–H groups in total. The minimum absolute atomic E-state index is 0.197. The van der Waals surface area contributed by atoms with Crippen molar-refractivity contribution in [3.05, 3.63) is 36.4 Å². The highest BCUT2D eigenvalue weighted by atomic mass is 16.5. The summed E-state index contributed by atoms with van der Waals surface area (Å²) in [6.45, 7) is 6.38. The molecular formula is C15H23NO2. The summed E-state index contributed by atoms with van der Waals surface area (Å²) < 4.78 is 11.0. The minimum atomic E-state index is 0.197. The molecule has 3 nitrogen and oxygen atoms in total. The van der Waals surface area contributed by atoms with Gasteiger partial charge in [0.15, 0.2) is 11.5 Å². The lowest BCUT2D eigenvalue weighted by atomic mass is 10.0. The van der Waals surface area contributed by atoms with Crippen LogP contribution in [0.1, 0.15) is 25.3 Å². The first-order valence-electron chi connectivity index (χ1n) is 6.37. The SMILES string of the molecule is C=CCCOc1ccc(CC(N)CC)cc1OC. The molecule has 18 heavy (non-hydrogen) atoms. The molecule has 0 saturated heterocycles. The molecule has 0 fully saturated rings. The molecule has 0 aliphatic heterocycles. The Labute approximate surface area is 110 Å². The molecule has 3 heteroatoms. The van der Waals surface area contributed by atoms with Crippen LogP contribution in [-0.4, -0.2) is 19.8 Å². The summed E-state index contributed by atoms with van der Waals surface area (Å²) in [4.78, 5) is 0. The second-order valence-corrected chi connectivity index (χ2v) is 4.28. The number of methoxy groups -OCH3 is 1. The van der Waals surface area contributed by atoms with Crippen LogP contribution in [0.15, 0.2) is 30.9 Å². The Balaban J connectivity index is 2.72. The van der Waals surface area contributed by atoms with Crippen molar-refractivity contribution in [3.63, 3.8) is 0 Å². The van der Waals surface area contributed by atoms with E-state index in [4.69, 9.17) is 15.2 Å². The Morgan fingerprint density at radius 3 is 2.78 bits per heavy atom. The summed E-state index contributed by atoms with van der Waals surface area (Å²) in [5.74, 6) is 1.54. The Hall–Kier alpha value is -1.48. The van der Waals surface area contributed by atoms with E-state index in [0.717, 1.165) is 30.8 Å². The molecule has 0 spiro atoms. The Morgan fingerprint density at radius 2 is 2.17 bits per heavy atom. The number of rotatable bonds is 8. The molecule has 0 aliphatic carbocycles. The third kappa shape index (κ3) is 4.41. The highest BCUT2D eigenvalue weighted by Gasteiger charge is 2.07. The second-order valence-electron chi connectivity index (χ2n) is 4.28. The monoisotopic (exact) mass is 249 g/mol. The molecule has 0 radical (unpaired) electrons. The predicted molar refractivity (Wildman–Crippen MR) is 75.3 cm³/mol. The van der Waals surface area contributed by atoms with Crippen molar-refractivity contribution in [2.45, 2.75) is 32.2 Å². The molecular weight excluding hydrogens is 226 g/mol. The molecule has 0 heterocycles. The maximum atomic E-state index is 5.95. The standard InChI is InChI=1S/C15H23NO2/c1-4-6-9-18-14-8-7-12(10-13(16)5-2)11-15(14)17-3/h4,7-8,11,13H,1,5-6,9-10,16H2,2-3H3. The Morgan fingerprint density at radius 1 is 1.39 bits per heavy atom. The van der Waals surface area contributed by atoms with Crippen molar-refractivity contribution in [2.24, 2.45) is 5.73 Å². The summed E-state index contributed by atoms with van der Waals surface area (Å²) in [7, 11) is 1.65. The lowest BCUT2D eigenvalue weighted by Crippen LogP contribution is -2.21. The molecule has 0 saturated carbocycles. The lowest BCUT2D eigenvalue weighted by molar-refractivity contribution is 0.299. The van der Waals surface area contributed by atoms with E-state index in [-0.39, 0.29) is 6.04 Å². The minimum Gasteiger partial charge on any atom is -0.493 e. The van der Waals surface area contributed by atoms with Crippen LogP contribution < -0.4 is 15.2 Å². The highest BCUT2D eigenvalue weighted by molar-refractivity contribution is 5.43. The van der Waals surface area contributed by atoms with Gasteiger partial charge in [0.2, 0.25) is 0 Å². The molecule has 0 aromatic heterocycles. The first kappa shape index (κ1) is 14.6. The van der Waals surface area contributed by atoms with Gasteiger partial charge >= 0.3 is 0 Å². The van der Waals surface area contributed by atoms with Gasteiger partial charge in [-0.2, -0.15) is 0 Å². The number of ether oxygens (including phenoxy) is 2. The van der Waals surface area contributed by atoms with Crippen molar-refractivity contribution >= 4 is 0 Å². The fraction of sp³-hybridized carbons (Fsp3) is 0.467. The first-order chi connectivity index (χ1) is 8.71. The average Bonchev–Trinajstić information content (AvgIpc) is 2.40. The number of hydrogen-bond acceptors (Lipinski definition) is 3. The molecule has 100 valence electrons. The molecule has 1 aromatic rings. The number of hydrogen-bond donors (Lipinski definition) is 1. The zero-order valence-electron chi connectivity index (χ0n) is 11.3. The summed E-state index contributed by atoms with van der Waals surface area (Å²) in [6.07, 6.45) is 4.49. The van der Waals surface area contributed by atoms with E-state index < -0.39 is 0 Å². The smallest absolute Gasteiger partial charge is 0.161 e. The first-order valence-corrected chi connectivity index (χ1v) is 6.37. The predicted octanol–water partition coefficient (Wildman–Crippen LogP) is 2.93. The van der Waals surface area contributed by atoms with Crippen LogP contribution in [0.5, 0.6) is 11.5 Å².